The molecular weight excluding hydrogens is 252 g/mol. The van der Waals surface area contributed by atoms with Gasteiger partial charge in [-0.1, -0.05) is 19.1 Å². The van der Waals surface area contributed by atoms with Gasteiger partial charge in [-0.3, -0.25) is 0 Å². The molecule has 0 spiro atoms. The van der Waals surface area contributed by atoms with Gasteiger partial charge in [-0.2, -0.15) is 0 Å². The Bertz CT molecular complexity index is 572. The number of aromatic nitrogens is 2. The van der Waals surface area contributed by atoms with E-state index in [1.165, 1.54) is 0 Å². The lowest BCUT2D eigenvalue weighted by Crippen LogP contribution is -2.05. The Morgan fingerprint density at radius 1 is 1.15 bits per heavy atom. The molecule has 2 N–H and O–H groups in total. The minimum Gasteiger partial charge on any atom is -0.495 e. The fourth-order valence-electron chi connectivity index (χ4n) is 1.86. The zero-order valence-corrected chi connectivity index (χ0v) is 12.1. The van der Waals surface area contributed by atoms with Crippen LogP contribution < -0.4 is 15.4 Å². The maximum atomic E-state index is 5.32. The Hall–Kier alpha value is -2.30. The predicted molar refractivity (Wildman–Crippen MR) is 81.8 cm³/mol. The molecule has 2 rings (SSSR count). The van der Waals surface area contributed by atoms with Crippen LogP contribution in [-0.4, -0.2) is 23.6 Å². The number of ether oxygens (including phenoxy) is 1. The van der Waals surface area contributed by atoms with Crippen molar-refractivity contribution in [3.63, 3.8) is 0 Å². The van der Waals surface area contributed by atoms with Gasteiger partial charge in [0, 0.05) is 12.6 Å². The summed E-state index contributed by atoms with van der Waals surface area (Å²) < 4.78 is 5.32. The Morgan fingerprint density at radius 2 is 1.90 bits per heavy atom. The number of methoxy groups -OCH3 is 1. The monoisotopic (exact) mass is 272 g/mol. The Balaban J connectivity index is 2.22. The van der Waals surface area contributed by atoms with Crippen molar-refractivity contribution in [2.24, 2.45) is 0 Å². The summed E-state index contributed by atoms with van der Waals surface area (Å²) in [6, 6.07) is 9.65. The first-order valence-corrected chi connectivity index (χ1v) is 6.72. The molecule has 0 saturated carbocycles. The van der Waals surface area contributed by atoms with E-state index in [-0.39, 0.29) is 0 Å². The quantitative estimate of drug-likeness (QED) is 0.844. The molecule has 1 heterocycles. The van der Waals surface area contributed by atoms with E-state index in [9.17, 15) is 0 Å². The molecule has 0 aliphatic carbocycles. The van der Waals surface area contributed by atoms with Crippen molar-refractivity contribution in [3.05, 3.63) is 36.2 Å². The van der Waals surface area contributed by atoms with Gasteiger partial charge < -0.3 is 15.4 Å². The van der Waals surface area contributed by atoms with Crippen LogP contribution in [0.3, 0.4) is 0 Å². The SMILES string of the molecule is CCCNc1cc(Nc2ccccc2OC)nc(C)n1. The van der Waals surface area contributed by atoms with Crippen LogP contribution in [0.1, 0.15) is 19.2 Å². The highest BCUT2D eigenvalue weighted by Crippen LogP contribution is 2.26. The fraction of sp³-hybridized carbons (Fsp3) is 0.333. The van der Waals surface area contributed by atoms with Crippen molar-refractivity contribution in [2.75, 3.05) is 24.3 Å². The highest BCUT2D eigenvalue weighted by Gasteiger charge is 2.05. The van der Waals surface area contributed by atoms with Crippen LogP contribution >= 0.6 is 0 Å². The van der Waals surface area contributed by atoms with E-state index in [0.29, 0.717) is 0 Å². The average Bonchev–Trinajstić information content (AvgIpc) is 2.45. The van der Waals surface area contributed by atoms with Crippen LogP contribution in [0, 0.1) is 6.92 Å². The number of hydrogen-bond acceptors (Lipinski definition) is 5. The highest BCUT2D eigenvalue weighted by molar-refractivity contribution is 5.65. The predicted octanol–water partition coefficient (Wildman–Crippen LogP) is 3.36. The first-order valence-electron chi connectivity index (χ1n) is 6.72. The standard InChI is InChI=1S/C15H20N4O/c1-4-9-16-14-10-15(18-11(2)17-14)19-12-7-5-6-8-13(12)20-3/h5-8,10H,4,9H2,1-3H3,(H2,16,17,18,19). The van der Waals surface area contributed by atoms with Crippen LogP contribution in [0.5, 0.6) is 5.75 Å². The minimum absolute atomic E-state index is 0.725. The van der Waals surface area contributed by atoms with E-state index in [2.05, 4.69) is 27.5 Å². The molecule has 1 aromatic heterocycles. The van der Waals surface area contributed by atoms with Crippen molar-refractivity contribution >= 4 is 17.3 Å². The molecule has 5 nitrogen and oxygen atoms in total. The van der Waals surface area contributed by atoms with E-state index in [1.807, 2.05) is 37.3 Å². The normalized spacial score (nSPS) is 10.2. The third kappa shape index (κ3) is 3.60. The molecule has 0 atom stereocenters. The third-order valence-corrected chi connectivity index (χ3v) is 2.76. The lowest BCUT2D eigenvalue weighted by atomic mass is 10.3. The topological polar surface area (TPSA) is 59.1 Å². The second-order valence-electron chi connectivity index (χ2n) is 4.44. The van der Waals surface area contributed by atoms with Gasteiger partial charge in [-0.05, 0) is 25.5 Å². The van der Waals surface area contributed by atoms with Crippen molar-refractivity contribution in [1.82, 2.24) is 9.97 Å². The van der Waals surface area contributed by atoms with Crippen LogP contribution in [0.2, 0.25) is 0 Å². The molecular formula is C15H20N4O. The van der Waals surface area contributed by atoms with E-state index < -0.39 is 0 Å². The zero-order chi connectivity index (χ0) is 14.4. The molecule has 0 aliphatic rings. The number of nitrogens with one attached hydrogen (secondary N) is 2. The highest BCUT2D eigenvalue weighted by atomic mass is 16.5. The number of benzene rings is 1. The Morgan fingerprint density at radius 3 is 2.65 bits per heavy atom. The summed E-state index contributed by atoms with van der Waals surface area (Å²) in [7, 11) is 1.65. The van der Waals surface area contributed by atoms with Gasteiger partial charge in [0.25, 0.3) is 0 Å². The number of nitrogens with zero attached hydrogens (tertiary/aromatic N) is 2. The molecule has 0 fully saturated rings. The number of aryl methyl sites for hydroxylation is 1. The van der Waals surface area contributed by atoms with Gasteiger partial charge in [-0.15, -0.1) is 0 Å². The number of hydrogen-bond donors (Lipinski definition) is 2. The molecule has 0 bridgehead atoms. The maximum Gasteiger partial charge on any atom is 0.142 e. The average molecular weight is 272 g/mol. The van der Waals surface area contributed by atoms with Crippen LogP contribution in [-0.2, 0) is 0 Å². The van der Waals surface area contributed by atoms with Crippen LogP contribution in [0.15, 0.2) is 30.3 Å². The first kappa shape index (κ1) is 14.1. The fourth-order valence-corrected chi connectivity index (χ4v) is 1.86. The van der Waals surface area contributed by atoms with Gasteiger partial charge >= 0.3 is 0 Å². The summed E-state index contributed by atoms with van der Waals surface area (Å²) in [6.07, 6.45) is 1.05. The molecule has 106 valence electrons. The molecule has 0 saturated heterocycles. The Labute approximate surface area is 119 Å². The minimum atomic E-state index is 0.725. The summed E-state index contributed by atoms with van der Waals surface area (Å²) >= 11 is 0. The van der Waals surface area contributed by atoms with Gasteiger partial charge in [0.2, 0.25) is 0 Å². The Kier molecular flexibility index (Phi) is 4.76. The number of anilines is 3. The second-order valence-corrected chi connectivity index (χ2v) is 4.44. The molecule has 5 heteroatoms. The molecule has 0 unspecified atom stereocenters. The molecule has 0 amide bonds. The van der Waals surface area contributed by atoms with Gasteiger partial charge in [0.15, 0.2) is 0 Å². The molecule has 1 aromatic carbocycles. The second kappa shape index (κ2) is 6.75. The molecule has 0 aliphatic heterocycles. The van der Waals surface area contributed by atoms with Crippen LogP contribution in [0.4, 0.5) is 17.3 Å². The third-order valence-electron chi connectivity index (χ3n) is 2.76. The molecule has 0 radical (unpaired) electrons. The summed E-state index contributed by atoms with van der Waals surface area (Å²) in [4.78, 5) is 8.76. The molecule has 2 aromatic rings. The van der Waals surface area contributed by atoms with Gasteiger partial charge in [-0.25, -0.2) is 9.97 Å². The first-order chi connectivity index (χ1) is 9.72. The van der Waals surface area contributed by atoms with E-state index >= 15 is 0 Å². The van der Waals surface area contributed by atoms with E-state index in [4.69, 9.17) is 4.74 Å². The van der Waals surface area contributed by atoms with E-state index in [0.717, 1.165) is 41.9 Å². The van der Waals surface area contributed by atoms with Crippen molar-refractivity contribution in [2.45, 2.75) is 20.3 Å². The lowest BCUT2D eigenvalue weighted by Gasteiger charge is -2.12. The summed E-state index contributed by atoms with van der Waals surface area (Å²) in [5, 5.41) is 6.53. The largest absolute Gasteiger partial charge is 0.495 e. The van der Waals surface area contributed by atoms with Crippen molar-refractivity contribution in [1.29, 1.82) is 0 Å². The maximum absolute atomic E-state index is 5.32. The van der Waals surface area contributed by atoms with Gasteiger partial charge in [0.05, 0.1) is 12.8 Å². The van der Waals surface area contributed by atoms with Crippen molar-refractivity contribution in [3.8, 4) is 5.75 Å². The zero-order valence-electron chi connectivity index (χ0n) is 12.1. The van der Waals surface area contributed by atoms with Gasteiger partial charge in [0.1, 0.15) is 23.2 Å². The summed E-state index contributed by atoms with van der Waals surface area (Å²) in [6.45, 7) is 4.89. The van der Waals surface area contributed by atoms with Crippen LogP contribution in [0.25, 0.3) is 0 Å². The lowest BCUT2D eigenvalue weighted by molar-refractivity contribution is 0.417. The molecule has 20 heavy (non-hydrogen) atoms. The number of para-hydroxylation sites is 2. The number of rotatable bonds is 6. The summed E-state index contributed by atoms with van der Waals surface area (Å²) in [5.74, 6) is 3.09. The van der Waals surface area contributed by atoms with Crippen molar-refractivity contribution < 1.29 is 4.74 Å². The van der Waals surface area contributed by atoms with E-state index in [1.54, 1.807) is 7.11 Å². The smallest absolute Gasteiger partial charge is 0.142 e. The summed E-state index contributed by atoms with van der Waals surface area (Å²) in [5.41, 5.74) is 0.884.